The first-order valence-electron chi connectivity index (χ1n) is 4.53. The summed E-state index contributed by atoms with van der Waals surface area (Å²) in [4.78, 5) is 0. The van der Waals surface area contributed by atoms with Crippen molar-refractivity contribution in [2.45, 2.75) is 6.04 Å². The van der Waals surface area contributed by atoms with Gasteiger partial charge in [-0.25, -0.2) is 0 Å². The molecule has 0 aliphatic carbocycles. The van der Waals surface area contributed by atoms with Crippen molar-refractivity contribution in [2.75, 3.05) is 18.1 Å². The molecule has 1 fully saturated rings. The summed E-state index contributed by atoms with van der Waals surface area (Å²) in [5.41, 5.74) is 1.33. The van der Waals surface area contributed by atoms with Crippen LogP contribution in [0.1, 0.15) is 11.6 Å². The smallest absolute Gasteiger partial charge is 0.0421 e. The molecule has 1 aliphatic heterocycles. The summed E-state index contributed by atoms with van der Waals surface area (Å²) in [6.45, 7) is 0.992. The molecule has 13 heavy (non-hydrogen) atoms. The second-order valence-electron chi connectivity index (χ2n) is 3.28. The van der Waals surface area contributed by atoms with Crippen LogP contribution in [0.3, 0.4) is 0 Å². The van der Waals surface area contributed by atoms with Crippen molar-refractivity contribution in [3.63, 3.8) is 0 Å². The van der Waals surface area contributed by atoms with Gasteiger partial charge in [-0.05, 0) is 5.56 Å². The zero-order chi connectivity index (χ0) is 9.10. The zero-order valence-electron chi connectivity index (χ0n) is 7.49. The van der Waals surface area contributed by atoms with Gasteiger partial charge in [0.2, 0.25) is 0 Å². The van der Waals surface area contributed by atoms with Gasteiger partial charge in [-0.3, -0.25) is 4.78 Å². The molecule has 2 unspecified atom stereocenters. The molecular weight excluding hydrogens is 180 g/mol. The number of hydrogen-bond acceptors (Lipinski definition) is 2. The molecule has 0 bridgehead atoms. The van der Waals surface area contributed by atoms with Gasteiger partial charge in [0.05, 0.1) is 0 Å². The fourth-order valence-electron chi connectivity index (χ4n) is 1.60. The number of hydrogen-bond donors (Lipinski definition) is 2. The molecule has 0 saturated carbocycles. The van der Waals surface area contributed by atoms with Crippen molar-refractivity contribution in [2.24, 2.45) is 0 Å². The van der Waals surface area contributed by atoms with Gasteiger partial charge in [-0.1, -0.05) is 30.3 Å². The summed E-state index contributed by atoms with van der Waals surface area (Å²) >= 11 is 0. The van der Waals surface area contributed by atoms with Crippen LogP contribution in [0.2, 0.25) is 0 Å². The predicted molar refractivity (Wildman–Crippen MR) is 57.0 cm³/mol. The number of benzene rings is 1. The largest absolute Gasteiger partial charge is 0.308 e. The standard InChI is InChI=1S/C10H14N2S/c11-13-7-6-12-10(8-13)9-4-2-1-3-5-9/h1-5,10-12H,6-8H2. The summed E-state index contributed by atoms with van der Waals surface area (Å²) in [5, 5.41) is 3.45. The Morgan fingerprint density at radius 3 is 2.77 bits per heavy atom. The molecule has 1 aromatic rings. The van der Waals surface area contributed by atoms with E-state index in [9.17, 15) is 0 Å². The van der Waals surface area contributed by atoms with Crippen molar-refractivity contribution < 1.29 is 0 Å². The summed E-state index contributed by atoms with van der Waals surface area (Å²) in [7, 11) is -0.133. The van der Waals surface area contributed by atoms with Crippen LogP contribution in [0.5, 0.6) is 0 Å². The van der Waals surface area contributed by atoms with Crippen LogP contribution in [0, 0.1) is 4.78 Å². The third kappa shape index (κ3) is 2.17. The van der Waals surface area contributed by atoms with E-state index >= 15 is 0 Å². The van der Waals surface area contributed by atoms with Gasteiger partial charge in [0.15, 0.2) is 0 Å². The van der Waals surface area contributed by atoms with Crippen molar-refractivity contribution in [1.82, 2.24) is 5.32 Å². The van der Waals surface area contributed by atoms with Crippen LogP contribution in [0.4, 0.5) is 0 Å². The summed E-state index contributed by atoms with van der Waals surface area (Å²) in [6, 6.07) is 10.9. The van der Waals surface area contributed by atoms with Crippen LogP contribution in [0.15, 0.2) is 30.3 Å². The van der Waals surface area contributed by atoms with Crippen molar-refractivity contribution in [3.05, 3.63) is 35.9 Å². The SMILES string of the molecule is N=S1CCNC(c2ccccc2)C1. The Labute approximate surface area is 81.3 Å². The van der Waals surface area contributed by atoms with Gasteiger partial charge in [0.1, 0.15) is 0 Å². The van der Waals surface area contributed by atoms with Crippen LogP contribution >= 0.6 is 0 Å². The molecule has 2 N–H and O–H groups in total. The Bertz CT molecular complexity index is 297. The summed E-state index contributed by atoms with van der Waals surface area (Å²) in [6.07, 6.45) is 0. The van der Waals surface area contributed by atoms with Crippen molar-refractivity contribution >= 4 is 10.7 Å². The van der Waals surface area contributed by atoms with E-state index in [1.165, 1.54) is 5.56 Å². The highest BCUT2D eigenvalue weighted by molar-refractivity contribution is 7.86. The first-order chi connectivity index (χ1) is 6.36. The van der Waals surface area contributed by atoms with E-state index < -0.39 is 0 Å². The highest BCUT2D eigenvalue weighted by Crippen LogP contribution is 2.16. The molecule has 2 rings (SSSR count). The first kappa shape index (κ1) is 8.91. The van der Waals surface area contributed by atoms with E-state index in [2.05, 4.69) is 29.6 Å². The predicted octanol–water partition coefficient (Wildman–Crippen LogP) is 1.71. The summed E-state index contributed by atoms with van der Waals surface area (Å²) < 4.78 is 7.74. The van der Waals surface area contributed by atoms with E-state index in [1.54, 1.807) is 0 Å². The number of rotatable bonds is 1. The van der Waals surface area contributed by atoms with Crippen LogP contribution in [0.25, 0.3) is 0 Å². The molecule has 0 spiro atoms. The minimum Gasteiger partial charge on any atom is -0.308 e. The molecule has 70 valence electrons. The molecule has 0 aromatic heterocycles. The van der Waals surface area contributed by atoms with Crippen molar-refractivity contribution in [1.29, 1.82) is 4.78 Å². The molecule has 1 heterocycles. The Kier molecular flexibility index (Phi) is 2.76. The molecule has 0 radical (unpaired) electrons. The maximum atomic E-state index is 7.74. The topological polar surface area (TPSA) is 35.9 Å². The normalized spacial score (nSPS) is 28.6. The quantitative estimate of drug-likeness (QED) is 0.701. The fraction of sp³-hybridized carbons (Fsp3) is 0.400. The molecule has 2 atom stereocenters. The van der Waals surface area contributed by atoms with Crippen LogP contribution in [-0.4, -0.2) is 18.1 Å². The monoisotopic (exact) mass is 194 g/mol. The Hall–Kier alpha value is -0.670. The van der Waals surface area contributed by atoms with Crippen LogP contribution < -0.4 is 5.32 Å². The van der Waals surface area contributed by atoms with E-state index in [0.717, 1.165) is 18.1 Å². The average Bonchev–Trinajstić information content (AvgIpc) is 2.19. The molecule has 1 saturated heterocycles. The lowest BCUT2D eigenvalue weighted by atomic mass is 10.1. The number of nitrogens with one attached hydrogen (secondary N) is 2. The lowest BCUT2D eigenvalue weighted by molar-refractivity contribution is 0.591. The van der Waals surface area contributed by atoms with Gasteiger partial charge in [-0.15, -0.1) is 10.7 Å². The van der Waals surface area contributed by atoms with E-state index in [4.69, 9.17) is 4.78 Å². The van der Waals surface area contributed by atoms with E-state index in [0.29, 0.717) is 6.04 Å². The molecular formula is C10H14N2S. The first-order valence-corrected chi connectivity index (χ1v) is 6.09. The Morgan fingerprint density at radius 1 is 1.31 bits per heavy atom. The average molecular weight is 194 g/mol. The fourth-order valence-corrected chi connectivity index (χ4v) is 2.84. The Balaban J connectivity index is 2.13. The van der Waals surface area contributed by atoms with Gasteiger partial charge in [0, 0.05) is 24.1 Å². The van der Waals surface area contributed by atoms with Gasteiger partial charge in [-0.2, -0.15) is 0 Å². The lowest BCUT2D eigenvalue weighted by Gasteiger charge is -2.25. The van der Waals surface area contributed by atoms with Crippen molar-refractivity contribution in [3.8, 4) is 0 Å². The zero-order valence-corrected chi connectivity index (χ0v) is 8.31. The third-order valence-electron chi connectivity index (χ3n) is 2.31. The lowest BCUT2D eigenvalue weighted by Crippen LogP contribution is -2.35. The minimum atomic E-state index is -0.133. The molecule has 2 nitrogen and oxygen atoms in total. The molecule has 0 amide bonds. The second kappa shape index (κ2) is 4.03. The van der Waals surface area contributed by atoms with Gasteiger partial charge < -0.3 is 5.32 Å². The maximum absolute atomic E-state index is 7.74. The van der Waals surface area contributed by atoms with Gasteiger partial charge in [0.25, 0.3) is 0 Å². The molecule has 1 aromatic carbocycles. The Morgan fingerprint density at radius 2 is 2.08 bits per heavy atom. The molecule has 1 aliphatic rings. The maximum Gasteiger partial charge on any atom is 0.0421 e. The van der Waals surface area contributed by atoms with E-state index in [1.807, 2.05) is 6.07 Å². The van der Waals surface area contributed by atoms with Gasteiger partial charge >= 0.3 is 0 Å². The second-order valence-corrected chi connectivity index (χ2v) is 5.01. The minimum absolute atomic E-state index is 0.133. The van der Waals surface area contributed by atoms with E-state index in [-0.39, 0.29) is 10.7 Å². The highest BCUT2D eigenvalue weighted by atomic mass is 32.2. The van der Waals surface area contributed by atoms with Crippen LogP contribution in [-0.2, 0) is 10.7 Å². The third-order valence-corrected chi connectivity index (χ3v) is 3.74. The highest BCUT2D eigenvalue weighted by Gasteiger charge is 2.16. The summed E-state index contributed by atoms with van der Waals surface area (Å²) in [5.74, 6) is 1.99. The molecule has 3 heteroatoms.